The molecule has 1 aliphatic rings. The van der Waals surface area contributed by atoms with Gasteiger partial charge in [-0.1, -0.05) is 11.2 Å². The van der Waals surface area contributed by atoms with E-state index in [1.165, 1.54) is 5.56 Å². The molecule has 3 aromatic rings. The van der Waals surface area contributed by atoms with Crippen LogP contribution in [-0.2, 0) is 13.5 Å². The van der Waals surface area contributed by atoms with E-state index in [-0.39, 0.29) is 11.9 Å². The minimum Gasteiger partial charge on any atom is -0.345 e. The first-order valence-electron chi connectivity index (χ1n) is 7.83. The van der Waals surface area contributed by atoms with E-state index in [9.17, 15) is 4.79 Å². The highest BCUT2D eigenvalue weighted by molar-refractivity contribution is 5.94. The molecular formula is C17H17N5O2. The van der Waals surface area contributed by atoms with Gasteiger partial charge in [-0.2, -0.15) is 10.1 Å². The number of hydrogen-bond acceptors (Lipinski definition) is 5. The van der Waals surface area contributed by atoms with Crippen molar-refractivity contribution in [3.05, 3.63) is 53.1 Å². The van der Waals surface area contributed by atoms with E-state index in [1.54, 1.807) is 31.0 Å². The summed E-state index contributed by atoms with van der Waals surface area (Å²) in [5.74, 6) is 1.04. The number of hydrogen-bond donors (Lipinski definition) is 1. The Morgan fingerprint density at radius 1 is 1.42 bits per heavy atom. The Morgan fingerprint density at radius 3 is 3.00 bits per heavy atom. The van der Waals surface area contributed by atoms with Crippen LogP contribution in [0.25, 0.3) is 11.5 Å². The predicted molar refractivity (Wildman–Crippen MR) is 86.2 cm³/mol. The number of rotatable bonds is 3. The zero-order valence-electron chi connectivity index (χ0n) is 13.5. The van der Waals surface area contributed by atoms with Gasteiger partial charge in [0.1, 0.15) is 0 Å². The maximum Gasteiger partial charge on any atom is 0.257 e. The van der Waals surface area contributed by atoms with Crippen LogP contribution in [0.3, 0.4) is 0 Å². The fourth-order valence-electron chi connectivity index (χ4n) is 3.09. The predicted octanol–water partition coefficient (Wildman–Crippen LogP) is 2.20. The first kappa shape index (κ1) is 14.6. The summed E-state index contributed by atoms with van der Waals surface area (Å²) in [6.45, 7) is 1.80. The van der Waals surface area contributed by atoms with E-state index < -0.39 is 0 Å². The fraction of sp³-hybridized carbons (Fsp3) is 0.294. The summed E-state index contributed by atoms with van der Waals surface area (Å²) in [6.07, 6.45) is 5.08. The molecule has 7 nitrogen and oxygen atoms in total. The quantitative estimate of drug-likeness (QED) is 0.798. The molecule has 24 heavy (non-hydrogen) atoms. The molecule has 0 radical (unpaired) electrons. The summed E-state index contributed by atoms with van der Waals surface area (Å²) >= 11 is 0. The second kappa shape index (κ2) is 5.59. The van der Waals surface area contributed by atoms with Gasteiger partial charge in [-0.15, -0.1) is 0 Å². The Labute approximate surface area is 138 Å². The summed E-state index contributed by atoms with van der Waals surface area (Å²) in [6, 6.07) is 6.08. The Morgan fingerprint density at radius 2 is 2.29 bits per heavy atom. The van der Waals surface area contributed by atoms with Gasteiger partial charge in [-0.25, -0.2) is 0 Å². The average Bonchev–Trinajstić information content (AvgIpc) is 3.28. The third-order valence-electron chi connectivity index (χ3n) is 4.27. The number of fused-ring (bicyclic) bond motifs is 1. The third kappa shape index (κ3) is 2.58. The van der Waals surface area contributed by atoms with Gasteiger partial charge in [-0.3, -0.25) is 9.48 Å². The first-order chi connectivity index (χ1) is 11.6. The van der Waals surface area contributed by atoms with Crippen molar-refractivity contribution in [1.82, 2.24) is 25.2 Å². The van der Waals surface area contributed by atoms with Crippen LogP contribution in [0, 0.1) is 6.92 Å². The van der Waals surface area contributed by atoms with Crippen molar-refractivity contribution < 1.29 is 9.32 Å². The Kier molecular flexibility index (Phi) is 3.41. The van der Waals surface area contributed by atoms with Crippen LogP contribution < -0.4 is 5.32 Å². The zero-order valence-corrected chi connectivity index (χ0v) is 13.5. The normalized spacial score (nSPS) is 16.2. The van der Waals surface area contributed by atoms with E-state index in [2.05, 4.69) is 26.6 Å². The van der Waals surface area contributed by atoms with Crippen LogP contribution in [0.2, 0.25) is 0 Å². The highest BCUT2D eigenvalue weighted by Gasteiger charge is 2.25. The average molecular weight is 323 g/mol. The van der Waals surface area contributed by atoms with E-state index in [0.717, 1.165) is 24.0 Å². The second-order valence-corrected chi connectivity index (χ2v) is 6.03. The zero-order chi connectivity index (χ0) is 16.7. The number of aromatic nitrogens is 4. The molecule has 1 amide bonds. The molecule has 4 rings (SSSR count). The highest BCUT2D eigenvalue weighted by Crippen LogP contribution is 2.34. The number of nitrogens with zero attached hydrogens (tertiary/aromatic N) is 4. The van der Waals surface area contributed by atoms with Crippen LogP contribution in [0.4, 0.5) is 0 Å². The second-order valence-electron chi connectivity index (χ2n) is 6.03. The molecule has 0 saturated heterocycles. The van der Waals surface area contributed by atoms with Crippen molar-refractivity contribution in [2.75, 3.05) is 0 Å². The van der Waals surface area contributed by atoms with E-state index in [1.807, 2.05) is 12.1 Å². The molecule has 122 valence electrons. The van der Waals surface area contributed by atoms with Gasteiger partial charge in [0, 0.05) is 18.8 Å². The molecule has 2 heterocycles. The van der Waals surface area contributed by atoms with Crippen molar-refractivity contribution >= 4 is 5.91 Å². The molecule has 7 heteroatoms. The first-order valence-corrected chi connectivity index (χ1v) is 7.83. The molecule has 0 aliphatic heterocycles. The van der Waals surface area contributed by atoms with Gasteiger partial charge in [0.2, 0.25) is 0 Å². The highest BCUT2D eigenvalue weighted by atomic mass is 16.5. The number of amides is 1. The minimum atomic E-state index is -0.0995. The number of benzene rings is 1. The Bertz CT molecular complexity index is 911. The lowest BCUT2D eigenvalue weighted by Crippen LogP contribution is -2.26. The van der Waals surface area contributed by atoms with Gasteiger partial charge >= 0.3 is 0 Å². The maximum atomic E-state index is 12.3. The van der Waals surface area contributed by atoms with Crippen molar-refractivity contribution in [2.24, 2.45) is 7.05 Å². The Hall–Kier alpha value is -2.96. The number of nitrogens with one attached hydrogen (secondary N) is 1. The van der Waals surface area contributed by atoms with Crippen molar-refractivity contribution in [3.63, 3.8) is 0 Å². The SMILES string of the molecule is Cc1noc(-c2ccc3c(c2)CC[C@H]3NC(=O)c2cnn(C)c2)n1. The van der Waals surface area contributed by atoms with Crippen LogP contribution in [-0.4, -0.2) is 25.8 Å². The van der Waals surface area contributed by atoms with Gasteiger partial charge < -0.3 is 9.84 Å². The standard InChI is InChI=1S/C17H17N5O2/c1-10-19-17(24-21-10)12-3-5-14-11(7-12)4-6-15(14)20-16(23)13-8-18-22(2)9-13/h3,5,7-9,15H,4,6H2,1-2H3,(H,20,23)/t15-/m1/s1. The van der Waals surface area contributed by atoms with Crippen molar-refractivity contribution in [1.29, 1.82) is 0 Å². The third-order valence-corrected chi connectivity index (χ3v) is 4.27. The van der Waals surface area contributed by atoms with Crippen LogP contribution in [0.5, 0.6) is 0 Å². The lowest BCUT2D eigenvalue weighted by molar-refractivity contribution is 0.0936. The molecule has 1 atom stereocenters. The smallest absolute Gasteiger partial charge is 0.257 e. The minimum absolute atomic E-state index is 0.0196. The number of carbonyl (C=O) groups excluding carboxylic acids is 1. The molecular weight excluding hydrogens is 306 g/mol. The molecule has 0 bridgehead atoms. The van der Waals surface area contributed by atoms with E-state index >= 15 is 0 Å². The summed E-state index contributed by atoms with van der Waals surface area (Å²) < 4.78 is 6.84. The van der Waals surface area contributed by atoms with Gasteiger partial charge in [0.05, 0.1) is 17.8 Å². The largest absolute Gasteiger partial charge is 0.345 e. The summed E-state index contributed by atoms with van der Waals surface area (Å²) in [4.78, 5) is 16.6. The van der Waals surface area contributed by atoms with Gasteiger partial charge in [0.15, 0.2) is 5.82 Å². The molecule has 2 aromatic heterocycles. The molecule has 1 aromatic carbocycles. The van der Waals surface area contributed by atoms with E-state index in [0.29, 0.717) is 17.3 Å². The van der Waals surface area contributed by atoms with Crippen molar-refractivity contribution in [3.8, 4) is 11.5 Å². The monoisotopic (exact) mass is 323 g/mol. The fourth-order valence-corrected chi connectivity index (χ4v) is 3.09. The summed E-state index contributed by atoms with van der Waals surface area (Å²) in [5, 5.41) is 10.9. The number of carbonyl (C=O) groups is 1. The van der Waals surface area contributed by atoms with Gasteiger partial charge in [-0.05, 0) is 43.0 Å². The molecule has 0 fully saturated rings. The molecule has 0 saturated carbocycles. The Balaban J connectivity index is 1.55. The van der Waals surface area contributed by atoms with Crippen molar-refractivity contribution in [2.45, 2.75) is 25.8 Å². The molecule has 0 unspecified atom stereocenters. The maximum absolute atomic E-state index is 12.3. The molecule has 1 aliphatic carbocycles. The molecule has 1 N–H and O–H groups in total. The lowest BCUT2D eigenvalue weighted by Gasteiger charge is -2.13. The van der Waals surface area contributed by atoms with Crippen LogP contribution in [0.15, 0.2) is 35.1 Å². The topological polar surface area (TPSA) is 85.8 Å². The number of aryl methyl sites for hydroxylation is 3. The summed E-state index contributed by atoms with van der Waals surface area (Å²) in [7, 11) is 1.79. The molecule has 0 spiro atoms. The lowest BCUT2D eigenvalue weighted by atomic mass is 10.0. The van der Waals surface area contributed by atoms with Gasteiger partial charge in [0.25, 0.3) is 11.8 Å². The summed E-state index contributed by atoms with van der Waals surface area (Å²) in [5.41, 5.74) is 3.84. The van der Waals surface area contributed by atoms with Crippen LogP contribution in [0.1, 0.15) is 39.8 Å². The van der Waals surface area contributed by atoms with E-state index in [4.69, 9.17) is 4.52 Å². The van der Waals surface area contributed by atoms with Crippen LogP contribution >= 0.6 is 0 Å².